The van der Waals surface area contributed by atoms with Crippen LogP contribution in [-0.4, -0.2) is 53.1 Å². The van der Waals surface area contributed by atoms with Crippen LogP contribution in [0.3, 0.4) is 0 Å². The molecule has 0 amide bonds. The lowest BCUT2D eigenvalue weighted by Crippen LogP contribution is -2.41. The van der Waals surface area contributed by atoms with Crippen LogP contribution in [0, 0.1) is 0 Å². The molecule has 1 aliphatic heterocycles. The highest BCUT2D eigenvalue weighted by atomic mass is 16.5. The van der Waals surface area contributed by atoms with E-state index in [1.807, 2.05) is 0 Å². The molecule has 1 saturated heterocycles. The van der Waals surface area contributed by atoms with Crippen molar-refractivity contribution in [3.8, 4) is 0 Å². The molecule has 2 rings (SSSR count). The average molecular weight is 255 g/mol. The van der Waals surface area contributed by atoms with Gasteiger partial charge in [0.15, 0.2) is 5.82 Å². The Labute approximate surface area is 107 Å². The van der Waals surface area contributed by atoms with Crippen molar-refractivity contribution in [1.82, 2.24) is 15.0 Å². The lowest BCUT2D eigenvalue weighted by molar-refractivity contribution is 0.0749. The molecule has 0 bridgehead atoms. The van der Waals surface area contributed by atoms with Crippen molar-refractivity contribution in [1.29, 1.82) is 0 Å². The number of hydrogen-bond acceptors (Lipinski definition) is 6. The fourth-order valence-electron chi connectivity index (χ4n) is 2.30. The van der Waals surface area contributed by atoms with Crippen molar-refractivity contribution >= 4 is 0 Å². The van der Waals surface area contributed by atoms with Gasteiger partial charge < -0.3 is 14.4 Å². The normalized spacial score (nSPS) is 21.3. The number of hydrogen-bond donors (Lipinski definition) is 1. The fourth-order valence-corrected chi connectivity index (χ4v) is 2.30. The molecule has 2 heterocycles. The Morgan fingerprint density at radius 3 is 3.17 bits per heavy atom. The third-order valence-electron chi connectivity index (χ3n) is 3.34. The van der Waals surface area contributed by atoms with E-state index in [-0.39, 0.29) is 12.6 Å². The van der Waals surface area contributed by atoms with Gasteiger partial charge in [-0.05, 0) is 19.4 Å². The first kappa shape index (κ1) is 13.5. The molecular weight excluding hydrogens is 234 g/mol. The third-order valence-corrected chi connectivity index (χ3v) is 3.34. The maximum atomic E-state index is 9.34. The van der Waals surface area contributed by atoms with Gasteiger partial charge in [0.1, 0.15) is 0 Å². The van der Waals surface area contributed by atoms with Crippen LogP contribution in [0.25, 0.3) is 0 Å². The van der Waals surface area contributed by atoms with Crippen molar-refractivity contribution in [2.45, 2.75) is 38.3 Å². The van der Waals surface area contributed by atoms with E-state index < -0.39 is 0 Å². The van der Waals surface area contributed by atoms with E-state index in [1.165, 1.54) is 12.8 Å². The van der Waals surface area contributed by atoms with Gasteiger partial charge in [0.25, 0.3) is 0 Å². The lowest BCUT2D eigenvalue weighted by atomic mass is 10.0. The minimum Gasteiger partial charge on any atom is -0.395 e. The lowest BCUT2D eigenvalue weighted by Gasteiger charge is -2.33. The first-order valence-corrected chi connectivity index (χ1v) is 6.48. The molecule has 18 heavy (non-hydrogen) atoms. The largest absolute Gasteiger partial charge is 0.395 e. The van der Waals surface area contributed by atoms with Gasteiger partial charge in [0, 0.05) is 19.6 Å². The number of methoxy groups -OCH3 is 1. The highest BCUT2D eigenvalue weighted by Crippen LogP contribution is 2.18. The second-order valence-electron chi connectivity index (χ2n) is 4.65. The topological polar surface area (TPSA) is 71.6 Å². The highest BCUT2D eigenvalue weighted by Gasteiger charge is 2.23. The number of aliphatic hydroxyl groups is 1. The van der Waals surface area contributed by atoms with Gasteiger partial charge in [-0.25, -0.2) is 0 Å². The average Bonchev–Trinajstić information content (AvgIpc) is 2.84. The Balaban J connectivity index is 1.89. The molecule has 1 aliphatic rings. The van der Waals surface area contributed by atoms with Crippen molar-refractivity contribution < 1.29 is 14.4 Å². The molecule has 0 radical (unpaired) electrons. The Kier molecular flexibility index (Phi) is 5.10. The summed E-state index contributed by atoms with van der Waals surface area (Å²) in [5, 5.41) is 13.3. The smallest absolute Gasteiger partial charge is 0.240 e. The minimum atomic E-state index is 0.199. The van der Waals surface area contributed by atoms with Crippen LogP contribution in [0.15, 0.2) is 4.52 Å². The van der Waals surface area contributed by atoms with E-state index >= 15 is 0 Å². The summed E-state index contributed by atoms with van der Waals surface area (Å²) < 4.78 is 10.2. The molecule has 0 aliphatic carbocycles. The van der Waals surface area contributed by atoms with Gasteiger partial charge in [-0.1, -0.05) is 11.6 Å². The van der Waals surface area contributed by atoms with E-state index in [0.29, 0.717) is 31.3 Å². The SMILES string of the molecule is COCCc1noc(CN2CCCC[C@@H]2CO)n1. The predicted octanol–water partition coefficient (Wildman–Crippen LogP) is 0.605. The molecule has 1 N–H and O–H groups in total. The number of likely N-dealkylation sites (tertiary alicyclic amines) is 1. The summed E-state index contributed by atoms with van der Waals surface area (Å²) in [5.74, 6) is 1.31. The number of nitrogens with zero attached hydrogens (tertiary/aromatic N) is 3. The van der Waals surface area contributed by atoms with Crippen LogP contribution < -0.4 is 0 Å². The molecule has 0 aromatic carbocycles. The maximum Gasteiger partial charge on any atom is 0.240 e. The van der Waals surface area contributed by atoms with Crippen LogP contribution in [0.2, 0.25) is 0 Å². The molecule has 102 valence electrons. The maximum absolute atomic E-state index is 9.34. The second-order valence-corrected chi connectivity index (χ2v) is 4.65. The van der Waals surface area contributed by atoms with E-state index in [9.17, 15) is 5.11 Å². The molecule has 1 aromatic rings. The van der Waals surface area contributed by atoms with Gasteiger partial charge in [-0.15, -0.1) is 0 Å². The number of aliphatic hydroxyl groups excluding tert-OH is 1. The molecule has 1 atom stereocenters. The molecule has 6 heteroatoms. The highest BCUT2D eigenvalue weighted by molar-refractivity contribution is 4.88. The molecule has 6 nitrogen and oxygen atoms in total. The van der Waals surface area contributed by atoms with Gasteiger partial charge in [0.05, 0.1) is 19.8 Å². The summed E-state index contributed by atoms with van der Waals surface area (Å²) >= 11 is 0. The standard InChI is InChI=1S/C12H21N3O3/c1-17-7-5-11-13-12(18-14-11)8-15-6-3-2-4-10(15)9-16/h10,16H,2-9H2,1H3/t10-/m1/s1. The van der Waals surface area contributed by atoms with Crippen LogP contribution >= 0.6 is 0 Å². The summed E-state index contributed by atoms with van der Waals surface area (Å²) in [6.07, 6.45) is 4.07. The predicted molar refractivity (Wildman–Crippen MR) is 65.0 cm³/mol. The zero-order chi connectivity index (χ0) is 12.8. The monoisotopic (exact) mass is 255 g/mol. The zero-order valence-corrected chi connectivity index (χ0v) is 10.8. The Bertz CT molecular complexity index is 356. The Hall–Kier alpha value is -0.980. The van der Waals surface area contributed by atoms with Crippen molar-refractivity contribution in [2.75, 3.05) is 26.9 Å². The van der Waals surface area contributed by atoms with Crippen molar-refractivity contribution in [2.24, 2.45) is 0 Å². The van der Waals surface area contributed by atoms with E-state index in [2.05, 4.69) is 15.0 Å². The van der Waals surface area contributed by atoms with E-state index in [4.69, 9.17) is 9.26 Å². The quantitative estimate of drug-likeness (QED) is 0.803. The molecule has 0 saturated carbocycles. The van der Waals surface area contributed by atoms with Crippen LogP contribution in [0.4, 0.5) is 0 Å². The summed E-state index contributed by atoms with van der Waals surface area (Å²) in [6, 6.07) is 0.230. The second kappa shape index (κ2) is 6.82. The van der Waals surface area contributed by atoms with Gasteiger partial charge in [-0.3, -0.25) is 4.90 Å². The van der Waals surface area contributed by atoms with E-state index in [0.717, 1.165) is 13.0 Å². The summed E-state index contributed by atoms with van der Waals surface area (Å²) in [7, 11) is 1.65. The fraction of sp³-hybridized carbons (Fsp3) is 0.833. The first-order chi connectivity index (χ1) is 8.83. The molecule has 1 fully saturated rings. The van der Waals surface area contributed by atoms with Gasteiger partial charge in [-0.2, -0.15) is 4.98 Å². The van der Waals surface area contributed by atoms with Crippen LogP contribution in [0.1, 0.15) is 31.0 Å². The number of aromatic nitrogens is 2. The Morgan fingerprint density at radius 1 is 1.50 bits per heavy atom. The number of rotatable bonds is 6. The summed E-state index contributed by atoms with van der Waals surface area (Å²) in [4.78, 5) is 6.55. The Morgan fingerprint density at radius 2 is 2.39 bits per heavy atom. The van der Waals surface area contributed by atoms with Gasteiger partial charge >= 0.3 is 0 Å². The summed E-state index contributed by atoms with van der Waals surface area (Å²) in [5.41, 5.74) is 0. The van der Waals surface area contributed by atoms with Crippen molar-refractivity contribution in [3.63, 3.8) is 0 Å². The van der Waals surface area contributed by atoms with Gasteiger partial charge in [0.2, 0.25) is 5.89 Å². The van der Waals surface area contributed by atoms with Crippen LogP contribution in [-0.2, 0) is 17.7 Å². The third kappa shape index (κ3) is 3.51. The van der Waals surface area contributed by atoms with Crippen LogP contribution in [0.5, 0.6) is 0 Å². The first-order valence-electron chi connectivity index (χ1n) is 6.48. The van der Waals surface area contributed by atoms with E-state index in [1.54, 1.807) is 7.11 Å². The number of piperidine rings is 1. The number of ether oxygens (including phenoxy) is 1. The molecule has 0 spiro atoms. The van der Waals surface area contributed by atoms with Crippen molar-refractivity contribution in [3.05, 3.63) is 11.7 Å². The summed E-state index contributed by atoms with van der Waals surface area (Å²) in [6.45, 7) is 2.42. The minimum absolute atomic E-state index is 0.199. The molecular formula is C12H21N3O3. The molecule has 1 aromatic heterocycles. The molecule has 0 unspecified atom stereocenters. The zero-order valence-electron chi connectivity index (χ0n) is 10.8.